The minimum absolute atomic E-state index is 0.189. The molecule has 1 aliphatic carbocycles. The summed E-state index contributed by atoms with van der Waals surface area (Å²) in [5.41, 5.74) is 3.04. The second-order valence-corrected chi connectivity index (χ2v) is 7.68. The zero-order valence-electron chi connectivity index (χ0n) is 11.5. The van der Waals surface area contributed by atoms with Crippen LogP contribution in [0.15, 0.2) is 22.6 Å². The van der Waals surface area contributed by atoms with E-state index in [9.17, 15) is 4.55 Å². The van der Waals surface area contributed by atoms with Gasteiger partial charge in [-0.2, -0.15) is 5.26 Å². The Morgan fingerprint density at radius 3 is 2.84 bits per heavy atom. The minimum Gasteiger partial charge on any atom is -0.591 e. The molecule has 0 heterocycles. The van der Waals surface area contributed by atoms with Crippen molar-refractivity contribution >= 4 is 17.6 Å². The highest BCUT2D eigenvalue weighted by molar-refractivity contribution is 7.91. The van der Waals surface area contributed by atoms with Gasteiger partial charge in [0.2, 0.25) is 0 Å². The average Bonchev–Trinajstić information content (AvgIpc) is 2.77. The fourth-order valence-electron chi connectivity index (χ4n) is 2.23. The molecule has 0 amide bonds. The molecule has 0 N–H and O–H groups in total. The maximum Gasteiger partial charge on any atom is 0.144 e. The van der Waals surface area contributed by atoms with Crippen LogP contribution in [-0.2, 0) is 17.8 Å². The molecule has 100 valence electrons. The van der Waals surface area contributed by atoms with Crippen molar-refractivity contribution in [3.8, 4) is 6.07 Å². The number of rotatable bonds is 2. The molecule has 0 aliphatic heterocycles. The van der Waals surface area contributed by atoms with Crippen LogP contribution in [0, 0.1) is 11.3 Å². The van der Waals surface area contributed by atoms with E-state index in [1.54, 1.807) is 6.21 Å². The van der Waals surface area contributed by atoms with Crippen molar-refractivity contribution in [2.75, 3.05) is 0 Å². The molecular formula is C15H18N2OS. The van der Waals surface area contributed by atoms with Crippen LogP contribution in [0.25, 0.3) is 0 Å². The van der Waals surface area contributed by atoms with Gasteiger partial charge in [-0.25, -0.2) is 0 Å². The van der Waals surface area contributed by atoms with Crippen LogP contribution in [0.5, 0.6) is 0 Å². The molecule has 1 aromatic rings. The van der Waals surface area contributed by atoms with Gasteiger partial charge in [0.1, 0.15) is 16.1 Å². The number of nitrogens with zero attached hydrogens (tertiary/aromatic N) is 2. The Bertz CT molecular complexity index is 540. The lowest BCUT2D eigenvalue weighted by molar-refractivity contribution is 0.561. The Morgan fingerprint density at radius 2 is 2.21 bits per heavy atom. The summed E-state index contributed by atoms with van der Waals surface area (Å²) in [6.45, 7) is 5.74. The molecule has 0 spiro atoms. The maximum atomic E-state index is 11.9. The Kier molecular flexibility index (Phi) is 3.98. The van der Waals surface area contributed by atoms with E-state index in [0.29, 0.717) is 0 Å². The zero-order chi connectivity index (χ0) is 14.0. The van der Waals surface area contributed by atoms with Gasteiger partial charge in [0.05, 0.1) is 17.8 Å². The highest BCUT2D eigenvalue weighted by atomic mass is 32.2. The highest BCUT2D eigenvalue weighted by Crippen LogP contribution is 2.34. The van der Waals surface area contributed by atoms with Gasteiger partial charge in [0.15, 0.2) is 0 Å². The predicted molar refractivity (Wildman–Crippen MR) is 78.6 cm³/mol. The summed E-state index contributed by atoms with van der Waals surface area (Å²) in [4.78, 5) is 0. The van der Waals surface area contributed by atoms with Crippen LogP contribution in [0.2, 0.25) is 0 Å². The third-order valence-electron chi connectivity index (χ3n) is 3.30. The largest absolute Gasteiger partial charge is 0.591 e. The van der Waals surface area contributed by atoms with Crippen LogP contribution in [0.3, 0.4) is 0 Å². The molecule has 0 fully saturated rings. The van der Waals surface area contributed by atoms with Crippen molar-refractivity contribution in [3.05, 3.63) is 34.9 Å². The molecule has 1 aromatic carbocycles. The van der Waals surface area contributed by atoms with Crippen molar-refractivity contribution < 1.29 is 4.55 Å². The molecule has 2 unspecified atom stereocenters. The van der Waals surface area contributed by atoms with Crippen LogP contribution < -0.4 is 0 Å². The average molecular weight is 274 g/mol. The fraction of sp³-hybridized carbons (Fsp3) is 0.467. The number of benzene rings is 1. The molecule has 0 saturated heterocycles. The Hall–Kier alpha value is -1.31. The summed E-state index contributed by atoms with van der Waals surface area (Å²) in [6, 6.07) is 8.03. The topological polar surface area (TPSA) is 59.2 Å². The number of fused-ring (bicyclic) bond motifs is 1. The van der Waals surface area contributed by atoms with Crippen molar-refractivity contribution in [1.29, 1.82) is 5.26 Å². The lowest BCUT2D eigenvalue weighted by Gasteiger charge is -2.18. The summed E-state index contributed by atoms with van der Waals surface area (Å²) < 4.78 is 15.8. The van der Waals surface area contributed by atoms with Crippen LogP contribution in [0.4, 0.5) is 0 Å². The van der Waals surface area contributed by atoms with Crippen molar-refractivity contribution in [2.24, 2.45) is 4.40 Å². The fourth-order valence-corrected chi connectivity index (χ4v) is 2.81. The molecular weight excluding hydrogens is 256 g/mol. The molecule has 3 nitrogen and oxygen atoms in total. The summed E-state index contributed by atoms with van der Waals surface area (Å²) in [5.74, 6) is 0.189. The molecule has 4 heteroatoms. The van der Waals surface area contributed by atoms with E-state index in [1.165, 1.54) is 0 Å². The van der Waals surface area contributed by atoms with E-state index in [4.69, 9.17) is 5.26 Å². The summed E-state index contributed by atoms with van der Waals surface area (Å²) in [5, 5.41) is 9.08. The van der Waals surface area contributed by atoms with Crippen LogP contribution in [0.1, 0.15) is 49.8 Å². The van der Waals surface area contributed by atoms with E-state index in [2.05, 4.69) is 10.5 Å². The first-order valence-corrected chi connectivity index (χ1v) is 7.52. The standard InChI is InChI=1S/C15H18N2OS/c1-15(2,3)19(18)17-10-12-7-8-14-11(9-16)5-4-6-13(12)14/h4-6,10,12H,7-8H2,1-3H3. The number of nitriles is 1. The molecule has 1 aliphatic rings. The lowest BCUT2D eigenvalue weighted by Crippen LogP contribution is -2.26. The third-order valence-corrected chi connectivity index (χ3v) is 4.66. The van der Waals surface area contributed by atoms with Crippen LogP contribution >= 0.6 is 0 Å². The number of hydrogen-bond donors (Lipinski definition) is 0. The van der Waals surface area contributed by atoms with Gasteiger partial charge in [-0.15, -0.1) is 0 Å². The molecule has 19 heavy (non-hydrogen) atoms. The smallest absolute Gasteiger partial charge is 0.144 e. The SMILES string of the molecule is CC(C)(C)[S+]([O-])N=CC1CCc2c(C#N)cccc21. The molecule has 0 saturated carbocycles. The van der Waals surface area contributed by atoms with E-state index < -0.39 is 11.4 Å². The van der Waals surface area contributed by atoms with Gasteiger partial charge >= 0.3 is 0 Å². The van der Waals surface area contributed by atoms with E-state index >= 15 is 0 Å². The maximum absolute atomic E-state index is 11.9. The molecule has 2 rings (SSSR count). The summed E-state index contributed by atoms with van der Waals surface area (Å²) in [7, 11) is 0. The number of hydrogen-bond acceptors (Lipinski definition) is 3. The third kappa shape index (κ3) is 2.99. The van der Waals surface area contributed by atoms with E-state index in [-0.39, 0.29) is 10.7 Å². The zero-order valence-corrected chi connectivity index (χ0v) is 12.3. The quantitative estimate of drug-likeness (QED) is 0.614. The first-order valence-electron chi connectivity index (χ1n) is 6.41. The monoisotopic (exact) mass is 274 g/mol. The Balaban J connectivity index is 2.20. The Morgan fingerprint density at radius 1 is 1.47 bits per heavy atom. The van der Waals surface area contributed by atoms with Gasteiger partial charge < -0.3 is 4.55 Å². The minimum atomic E-state index is -1.21. The normalized spacial score (nSPS) is 20.3. The molecule has 0 aromatic heterocycles. The van der Waals surface area contributed by atoms with Crippen molar-refractivity contribution in [1.82, 2.24) is 0 Å². The van der Waals surface area contributed by atoms with Crippen LogP contribution in [-0.4, -0.2) is 15.5 Å². The predicted octanol–water partition coefficient (Wildman–Crippen LogP) is 3.12. The van der Waals surface area contributed by atoms with Gasteiger partial charge in [-0.05, 0) is 50.8 Å². The molecule has 2 atom stereocenters. The first kappa shape index (κ1) is 14.1. The van der Waals surface area contributed by atoms with Gasteiger partial charge in [0, 0.05) is 5.92 Å². The Labute approximate surface area is 117 Å². The highest BCUT2D eigenvalue weighted by Gasteiger charge is 2.28. The molecule has 0 bridgehead atoms. The van der Waals surface area contributed by atoms with E-state index in [0.717, 1.165) is 29.5 Å². The van der Waals surface area contributed by atoms with Crippen molar-refractivity contribution in [2.45, 2.75) is 44.3 Å². The van der Waals surface area contributed by atoms with Gasteiger partial charge in [-0.3, -0.25) is 0 Å². The first-order chi connectivity index (χ1) is 8.93. The lowest BCUT2D eigenvalue weighted by atomic mass is 10.00. The second kappa shape index (κ2) is 5.36. The summed E-state index contributed by atoms with van der Waals surface area (Å²) in [6.07, 6.45) is 3.64. The molecule has 0 radical (unpaired) electrons. The van der Waals surface area contributed by atoms with E-state index in [1.807, 2.05) is 39.0 Å². The summed E-state index contributed by atoms with van der Waals surface area (Å²) >= 11 is -1.21. The second-order valence-electron chi connectivity index (χ2n) is 5.75. The van der Waals surface area contributed by atoms with Gasteiger partial charge in [-0.1, -0.05) is 16.5 Å². The van der Waals surface area contributed by atoms with Gasteiger partial charge in [0.25, 0.3) is 0 Å². The van der Waals surface area contributed by atoms with Crippen molar-refractivity contribution in [3.63, 3.8) is 0 Å².